The van der Waals surface area contributed by atoms with E-state index in [4.69, 9.17) is 9.47 Å². The van der Waals surface area contributed by atoms with Crippen LogP contribution in [-0.4, -0.2) is 16.0 Å². The van der Waals surface area contributed by atoms with Gasteiger partial charge in [-0.2, -0.15) is 0 Å². The van der Waals surface area contributed by atoms with Crippen molar-refractivity contribution < 1.29 is 19.7 Å². The van der Waals surface area contributed by atoms with Crippen LogP contribution in [0.1, 0.15) is 23.1 Å². The minimum Gasteiger partial charge on any atom is -0.507 e. The molecule has 0 saturated heterocycles. The van der Waals surface area contributed by atoms with Gasteiger partial charge in [0, 0.05) is 23.1 Å². The minimum absolute atomic E-state index is 0.214. The van der Waals surface area contributed by atoms with Crippen LogP contribution >= 0.6 is 0 Å². The molecule has 1 atom stereocenters. The topological polar surface area (TPSA) is 58.9 Å². The van der Waals surface area contributed by atoms with Crippen LogP contribution in [0.15, 0.2) is 164 Å². The third kappa shape index (κ3) is 5.68. The summed E-state index contributed by atoms with van der Waals surface area (Å²) >= 11 is 0. The van der Waals surface area contributed by atoms with Gasteiger partial charge in [-0.1, -0.05) is 158 Å². The van der Waals surface area contributed by atoms with Gasteiger partial charge in [0.05, 0.1) is 6.61 Å². The molecule has 0 saturated carbocycles. The molecule has 0 aliphatic heterocycles. The predicted molar refractivity (Wildman–Crippen MR) is 210 cm³/mol. The number of fused-ring (bicyclic) bond motifs is 4. The summed E-state index contributed by atoms with van der Waals surface area (Å²) in [7, 11) is 0. The Morgan fingerprint density at radius 2 is 1.10 bits per heavy atom. The Hall–Kier alpha value is -6.20. The highest BCUT2D eigenvalue weighted by molar-refractivity contribution is 6.09. The highest BCUT2D eigenvalue weighted by Gasteiger charge is 2.36. The van der Waals surface area contributed by atoms with E-state index < -0.39 is 5.79 Å². The lowest BCUT2D eigenvalue weighted by molar-refractivity contribution is -0.162. The first-order valence-electron chi connectivity index (χ1n) is 17.6. The lowest BCUT2D eigenvalue weighted by atomic mass is 9.86. The maximum absolute atomic E-state index is 12.3. The average molecular weight is 677 g/mol. The van der Waals surface area contributed by atoms with Crippen LogP contribution in [0.5, 0.6) is 11.5 Å². The summed E-state index contributed by atoms with van der Waals surface area (Å²) in [6, 6.07) is 54.8. The SMILES string of the molecule is Oc1ccc2ccccc2c1-c1c(OCc2ccc(COC3(O)CC=c4ccccc4=C3c3cccc4ccccc34)cc2)ccc2ccccc12. The van der Waals surface area contributed by atoms with Gasteiger partial charge in [0.2, 0.25) is 0 Å². The third-order valence-corrected chi connectivity index (χ3v) is 10.2. The Kier molecular flexibility index (Phi) is 8.04. The maximum Gasteiger partial charge on any atom is 0.197 e. The Morgan fingerprint density at radius 3 is 1.85 bits per heavy atom. The van der Waals surface area contributed by atoms with Crippen LogP contribution in [0.4, 0.5) is 0 Å². The van der Waals surface area contributed by atoms with Crippen molar-refractivity contribution in [3.63, 3.8) is 0 Å². The second kappa shape index (κ2) is 13.2. The first-order chi connectivity index (χ1) is 25.6. The molecule has 8 aromatic rings. The van der Waals surface area contributed by atoms with E-state index in [1.807, 2.05) is 97.1 Å². The number of rotatable bonds is 8. The minimum atomic E-state index is -1.51. The summed E-state index contributed by atoms with van der Waals surface area (Å²) in [6.45, 7) is 0.573. The van der Waals surface area contributed by atoms with Gasteiger partial charge in [-0.3, -0.25) is 0 Å². The quantitative estimate of drug-likeness (QED) is 0.158. The van der Waals surface area contributed by atoms with Crippen molar-refractivity contribution >= 4 is 44.0 Å². The van der Waals surface area contributed by atoms with E-state index in [0.717, 1.165) is 76.1 Å². The van der Waals surface area contributed by atoms with Crippen LogP contribution < -0.4 is 15.2 Å². The van der Waals surface area contributed by atoms with E-state index in [9.17, 15) is 10.2 Å². The number of phenols is 1. The molecule has 52 heavy (non-hydrogen) atoms. The summed E-state index contributed by atoms with van der Waals surface area (Å²) in [5, 5.41) is 31.8. The molecule has 0 fully saturated rings. The zero-order valence-electron chi connectivity index (χ0n) is 28.5. The molecule has 0 bridgehead atoms. The van der Waals surface area contributed by atoms with Crippen LogP contribution in [-0.2, 0) is 18.0 Å². The first kappa shape index (κ1) is 31.8. The van der Waals surface area contributed by atoms with Gasteiger partial charge in [-0.05, 0) is 71.6 Å². The van der Waals surface area contributed by atoms with Gasteiger partial charge in [0.1, 0.15) is 18.1 Å². The largest absolute Gasteiger partial charge is 0.507 e. The number of hydrogen-bond donors (Lipinski definition) is 2. The van der Waals surface area contributed by atoms with Crippen LogP contribution in [0.3, 0.4) is 0 Å². The van der Waals surface area contributed by atoms with E-state index >= 15 is 0 Å². The second-order valence-electron chi connectivity index (χ2n) is 13.4. The standard InChI is InChI=1S/C48H36O4/c49-43-26-24-35-11-2-6-16-39(35)45(43)46-40-17-7-3-12-36(40)25-27-44(46)51-30-32-20-22-33(23-21-32)31-52-48(50)29-28-37-13-4-8-18-41(37)47(48)42-19-9-14-34-10-1-5-15-38(34)42/h1-28,49-50H,29-31H2. The molecule has 1 unspecified atom stereocenters. The van der Waals surface area contributed by atoms with E-state index in [2.05, 4.69) is 66.7 Å². The van der Waals surface area contributed by atoms with Crippen molar-refractivity contribution in [2.24, 2.45) is 0 Å². The fourth-order valence-electron chi connectivity index (χ4n) is 7.64. The number of aliphatic hydroxyl groups is 1. The van der Waals surface area contributed by atoms with E-state index in [-0.39, 0.29) is 12.4 Å². The summed E-state index contributed by atoms with van der Waals surface area (Å²) < 4.78 is 13.0. The number of benzene rings is 8. The van der Waals surface area contributed by atoms with Gasteiger partial charge in [-0.15, -0.1) is 0 Å². The van der Waals surface area contributed by atoms with Crippen molar-refractivity contribution in [2.45, 2.75) is 25.4 Å². The van der Waals surface area contributed by atoms with Gasteiger partial charge >= 0.3 is 0 Å². The van der Waals surface area contributed by atoms with Crippen LogP contribution in [0.2, 0.25) is 0 Å². The summed E-state index contributed by atoms with van der Waals surface area (Å²) in [6.07, 6.45) is 2.40. The zero-order valence-corrected chi connectivity index (χ0v) is 28.5. The normalized spacial score (nSPS) is 15.4. The Labute approximate surface area is 301 Å². The molecular weight excluding hydrogens is 641 g/mol. The fourth-order valence-corrected chi connectivity index (χ4v) is 7.64. The summed E-state index contributed by atoms with van der Waals surface area (Å²) in [4.78, 5) is 0. The Morgan fingerprint density at radius 1 is 0.519 bits per heavy atom. The Bertz CT molecular complexity index is 2740. The van der Waals surface area contributed by atoms with E-state index in [1.54, 1.807) is 6.07 Å². The molecule has 4 heteroatoms. The molecule has 252 valence electrons. The lowest BCUT2D eigenvalue weighted by Gasteiger charge is -2.33. The highest BCUT2D eigenvalue weighted by atomic mass is 16.6. The number of hydrogen-bond acceptors (Lipinski definition) is 4. The zero-order chi connectivity index (χ0) is 35.1. The molecule has 4 nitrogen and oxygen atoms in total. The average Bonchev–Trinajstić information content (AvgIpc) is 3.19. The molecule has 2 N–H and O–H groups in total. The molecule has 0 amide bonds. The van der Waals surface area contributed by atoms with Gasteiger partial charge in [0.25, 0.3) is 0 Å². The fraction of sp³-hybridized carbons (Fsp3) is 0.0833. The van der Waals surface area contributed by atoms with E-state index in [0.29, 0.717) is 18.8 Å². The molecule has 0 heterocycles. The summed E-state index contributed by atoms with van der Waals surface area (Å²) in [5.74, 6) is -0.601. The second-order valence-corrected chi connectivity index (χ2v) is 13.4. The van der Waals surface area contributed by atoms with Crippen LogP contribution in [0, 0.1) is 0 Å². The van der Waals surface area contributed by atoms with Gasteiger partial charge in [-0.25, -0.2) is 0 Å². The van der Waals surface area contributed by atoms with Gasteiger partial charge in [0.15, 0.2) is 5.79 Å². The third-order valence-electron chi connectivity index (χ3n) is 10.2. The molecule has 0 spiro atoms. The monoisotopic (exact) mass is 676 g/mol. The van der Waals surface area contributed by atoms with Crippen molar-refractivity contribution in [3.8, 4) is 22.6 Å². The van der Waals surface area contributed by atoms with Crippen molar-refractivity contribution in [1.29, 1.82) is 0 Å². The number of ether oxygens (including phenoxy) is 2. The predicted octanol–water partition coefficient (Wildman–Crippen LogP) is 9.39. The van der Waals surface area contributed by atoms with Crippen molar-refractivity contribution in [1.82, 2.24) is 0 Å². The van der Waals surface area contributed by atoms with Gasteiger partial charge < -0.3 is 19.7 Å². The summed E-state index contributed by atoms with van der Waals surface area (Å²) in [5.41, 5.74) is 5.33. The van der Waals surface area contributed by atoms with Crippen LogP contribution in [0.25, 0.3) is 55.1 Å². The molecule has 8 aromatic carbocycles. The Balaban J connectivity index is 0.992. The number of aromatic hydroxyl groups is 1. The van der Waals surface area contributed by atoms with Crippen molar-refractivity contribution in [2.75, 3.05) is 0 Å². The molecule has 0 radical (unpaired) electrons. The molecule has 0 aromatic heterocycles. The molecule has 1 aliphatic carbocycles. The lowest BCUT2D eigenvalue weighted by Crippen LogP contribution is -2.45. The first-order valence-corrected chi connectivity index (χ1v) is 17.6. The van der Waals surface area contributed by atoms with Crippen molar-refractivity contribution in [3.05, 3.63) is 191 Å². The number of phenolic OH excluding ortho intramolecular Hbond substituents is 1. The maximum atomic E-state index is 12.3. The molecular formula is C48H36O4. The smallest absolute Gasteiger partial charge is 0.197 e. The molecule has 1 aliphatic rings. The van der Waals surface area contributed by atoms with E-state index in [1.165, 1.54) is 0 Å². The molecule has 9 rings (SSSR count). The highest BCUT2D eigenvalue weighted by Crippen LogP contribution is 2.45.